The Bertz CT molecular complexity index is 639. The minimum absolute atomic E-state index is 0.0152. The Morgan fingerprint density at radius 1 is 1.43 bits per heavy atom. The zero-order valence-electron chi connectivity index (χ0n) is 13.1. The highest BCUT2D eigenvalue weighted by Crippen LogP contribution is 2.39. The minimum atomic E-state index is 0.0152. The van der Waals surface area contributed by atoms with Crippen molar-refractivity contribution in [2.24, 2.45) is 0 Å². The van der Waals surface area contributed by atoms with Gasteiger partial charge in [0.15, 0.2) is 0 Å². The lowest BCUT2D eigenvalue weighted by Gasteiger charge is -2.30. The van der Waals surface area contributed by atoms with E-state index in [-0.39, 0.29) is 5.54 Å². The van der Waals surface area contributed by atoms with Crippen molar-refractivity contribution in [3.63, 3.8) is 0 Å². The largest absolute Gasteiger partial charge is 0.323 e. The van der Waals surface area contributed by atoms with E-state index in [2.05, 4.69) is 36.7 Å². The molecule has 1 saturated heterocycles. The molecule has 1 aromatic carbocycles. The summed E-state index contributed by atoms with van der Waals surface area (Å²) in [6.07, 6.45) is 4.66. The van der Waals surface area contributed by atoms with Gasteiger partial charge in [-0.1, -0.05) is 31.0 Å². The second-order valence-corrected chi connectivity index (χ2v) is 6.78. The molecule has 0 amide bonds. The van der Waals surface area contributed by atoms with Gasteiger partial charge >= 0.3 is 0 Å². The van der Waals surface area contributed by atoms with E-state index in [1.807, 2.05) is 12.1 Å². The maximum atomic E-state index is 6.47. The molecular weight excluding hydrogens is 282 g/mol. The van der Waals surface area contributed by atoms with Gasteiger partial charge in [0.25, 0.3) is 0 Å². The fourth-order valence-corrected chi connectivity index (χ4v) is 3.96. The monoisotopic (exact) mass is 305 g/mol. The van der Waals surface area contributed by atoms with Crippen molar-refractivity contribution in [3.8, 4) is 0 Å². The molecule has 0 bridgehead atoms. The van der Waals surface area contributed by atoms with E-state index >= 15 is 0 Å². The van der Waals surface area contributed by atoms with Crippen LogP contribution in [0.2, 0.25) is 5.02 Å². The molecule has 1 N–H and O–H groups in total. The van der Waals surface area contributed by atoms with Gasteiger partial charge in [-0.25, -0.2) is 4.98 Å². The molecule has 3 rings (SSSR count). The molecule has 1 atom stereocenters. The highest BCUT2D eigenvalue weighted by atomic mass is 35.5. The van der Waals surface area contributed by atoms with Crippen molar-refractivity contribution in [1.29, 1.82) is 0 Å². The molecule has 2 heterocycles. The van der Waals surface area contributed by atoms with Crippen LogP contribution in [0.15, 0.2) is 18.2 Å². The lowest BCUT2D eigenvalue weighted by Crippen LogP contribution is -2.39. The zero-order chi connectivity index (χ0) is 15.0. The van der Waals surface area contributed by atoms with Gasteiger partial charge in [0, 0.05) is 6.04 Å². The fourth-order valence-electron chi connectivity index (χ4n) is 3.70. The first kappa shape index (κ1) is 14.9. The first-order chi connectivity index (χ1) is 10.1. The highest BCUT2D eigenvalue weighted by molar-refractivity contribution is 6.35. The number of hydrogen-bond acceptors (Lipinski definition) is 2. The van der Waals surface area contributed by atoms with Gasteiger partial charge in [0.1, 0.15) is 5.82 Å². The van der Waals surface area contributed by atoms with Crippen molar-refractivity contribution in [2.45, 2.75) is 58.0 Å². The lowest BCUT2D eigenvalue weighted by atomic mass is 9.90. The van der Waals surface area contributed by atoms with Gasteiger partial charge in [-0.05, 0) is 51.8 Å². The second-order valence-electron chi connectivity index (χ2n) is 6.37. The molecule has 3 nitrogen and oxygen atoms in total. The van der Waals surface area contributed by atoms with E-state index in [4.69, 9.17) is 16.6 Å². The highest BCUT2D eigenvalue weighted by Gasteiger charge is 2.39. The van der Waals surface area contributed by atoms with E-state index in [1.54, 1.807) is 0 Å². The molecule has 1 unspecified atom stereocenters. The summed E-state index contributed by atoms with van der Waals surface area (Å²) in [4.78, 5) is 4.98. The molecule has 0 aliphatic carbocycles. The van der Waals surface area contributed by atoms with E-state index in [9.17, 15) is 0 Å². The van der Waals surface area contributed by atoms with Crippen molar-refractivity contribution in [1.82, 2.24) is 14.9 Å². The lowest BCUT2D eigenvalue weighted by molar-refractivity contribution is 0.316. The van der Waals surface area contributed by atoms with Crippen LogP contribution in [-0.2, 0) is 5.54 Å². The molecule has 1 aliphatic rings. The van der Waals surface area contributed by atoms with Crippen molar-refractivity contribution in [2.75, 3.05) is 6.54 Å². The number of nitrogens with one attached hydrogen (secondary N) is 1. The van der Waals surface area contributed by atoms with Crippen molar-refractivity contribution in [3.05, 3.63) is 29.0 Å². The van der Waals surface area contributed by atoms with Crippen LogP contribution in [-0.4, -0.2) is 16.1 Å². The first-order valence-corrected chi connectivity index (χ1v) is 8.39. The topological polar surface area (TPSA) is 29.9 Å². The summed E-state index contributed by atoms with van der Waals surface area (Å²) in [5.74, 6) is 1.17. The number of aromatic nitrogens is 2. The van der Waals surface area contributed by atoms with Crippen LogP contribution < -0.4 is 5.32 Å². The third-order valence-electron chi connectivity index (χ3n) is 4.53. The predicted octanol–water partition coefficient (Wildman–Crippen LogP) is 4.65. The number of rotatable bonds is 4. The van der Waals surface area contributed by atoms with Crippen LogP contribution in [0.25, 0.3) is 11.0 Å². The van der Waals surface area contributed by atoms with Gasteiger partial charge in [0.2, 0.25) is 0 Å². The quantitative estimate of drug-likeness (QED) is 0.891. The molecule has 1 aromatic heterocycles. The van der Waals surface area contributed by atoms with Crippen LogP contribution in [0.1, 0.15) is 58.3 Å². The van der Waals surface area contributed by atoms with Crippen LogP contribution in [0.4, 0.5) is 0 Å². The Labute approximate surface area is 131 Å². The van der Waals surface area contributed by atoms with Crippen LogP contribution >= 0.6 is 11.6 Å². The van der Waals surface area contributed by atoms with Gasteiger partial charge < -0.3 is 9.88 Å². The van der Waals surface area contributed by atoms with Crippen LogP contribution in [0, 0.1) is 0 Å². The Hall–Kier alpha value is -1.06. The SMILES string of the molecule is CCCC1(c2nc3cccc(Cl)c3n2C(C)C)CCCN1. The zero-order valence-corrected chi connectivity index (χ0v) is 13.9. The smallest absolute Gasteiger partial charge is 0.130 e. The number of benzene rings is 1. The van der Waals surface area contributed by atoms with Crippen molar-refractivity contribution < 1.29 is 0 Å². The molecule has 1 aliphatic heterocycles. The minimum Gasteiger partial charge on any atom is -0.323 e. The number of nitrogens with zero attached hydrogens (tertiary/aromatic N) is 2. The second kappa shape index (κ2) is 5.62. The molecule has 114 valence electrons. The van der Waals surface area contributed by atoms with E-state index in [0.717, 1.165) is 41.9 Å². The molecule has 4 heteroatoms. The number of halogens is 1. The summed E-state index contributed by atoms with van der Waals surface area (Å²) < 4.78 is 2.34. The molecule has 0 spiro atoms. The van der Waals surface area contributed by atoms with Gasteiger partial charge in [0.05, 0.1) is 21.6 Å². The average molecular weight is 306 g/mol. The van der Waals surface area contributed by atoms with Crippen LogP contribution in [0.3, 0.4) is 0 Å². The van der Waals surface area contributed by atoms with Crippen molar-refractivity contribution >= 4 is 22.6 Å². The molecule has 21 heavy (non-hydrogen) atoms. The molecule has 0 radical (unpaired) electrons. The third kappa shape index (κ3) is 2.36. The Kier molecular flexibility index (Phi) is 3.98. The van der Waals surface area contributed by atoms with Gasteiger partial charge in [-0.3, -0.25) is 0 Å². The summed E-state index contributed by atoms with van der Waals surface area (Å²) in [6, 6.07) is 6.36. The maximum Gasteiger partial charge on any atom is 0.130 e. The fraction of sp³-hybridized carbons (Fsp3) is 0.588. The molecule has 1 fully saturated rings. The standard InChI is InChI=1S/C17H24ClN3/c1-4-9-17(10-6-11-19-17)16-20-14-8-5-7-13(18)15(14)21(16)12(2)3/h5,7-8,12,19H,4,6,9-11H2,1-3H3. The first-order valence-electron chi connectivity index (χ1n) is 8.01. The molecular formula is C17H24ClN3. The third-order valence-corrected chi connectivity index (χ3v) is 4.83. The Morgan fingerprint density at radius 2 is 2.24 bits per heavy atom. The van der Waals surface area contributed by atoms with Gasteiger partial charge in [-0.2, -0.15) is 0 Å². The van der Waals surface area contributed by atoms with E-state index < -0.39 is 0 Å². The summed E-state index contributed by atoms with van der Waals surface area (Å²) in [5.41, 5.74) is 2.10. The number of para-hydroxylation sites is 1. The Balaban J connectivity index is 2.26. The van der Waals surface area contributed by atoms with Crippen LogP contribution in [0.5, 0.6) is 0 Å². The van der Waals surface area contributed by atoms with E-state index in [1.165, 1.54) is 12.2 Å². The average Bonchev–Trinajstić information content (AvgIpc) is 3.04. The normalized spacial score (nSPS) is 22.5. The van der Waals surface area contributed by atoms with Gasteiger partial charge in [-0.15, -0.1) is 0 Å². The summed E-state index contributed by atoms with van der Waals surface area (Å²) >= 11 is 6.47. The van der Waals surface area contributed by atoms with E-state index in [0.29, 0.717) is 6.04 Å². The maximum absolute atomic E-state index is 6.47. The molecule has 2 aromatic rings. The summed E-state index contributed by atoms with van der Waals surface area (Å²) in [5, 5.41) is 4.53. The predicted molar refractivity (Wildman–Crippen MR) is 89.0 cm³/mol. The Morgan fingerprint density at radius 3 is 2.86 bits per heavy atom. The summed E-state index contributed by atoms with van der Waals surface area (Å²) in [6.45, 7) is 7.75. The summed E-state index contributed by atoms with van der Waals surface area (Å²) in [7, 11) is 0. The number of imidazole rings is 1. The molecule has 0 saturated carbocycles. The number of fused-ring (bicyclic) bond motifs is 1. The number of hydrogen-bond donors (Lipinski definition) is 1.